The van der Waals surface area contributed by atoms with Crippen LogP contribution in [-0.4, -0.2) is 21.5 Å². The van der Waals surface area contributed by atoms with E-state index in [4.69, 9.17) is 0 Å². The van der Waals surface area contributed by atoms with E-state index in [0.29, 0.717) is 17.3 Å². The third-order valence-electron chi connectivity index (χ3n) is 2.57. The first-order valence-corrected chi connectivity index (χ1v) is 7.13. The van der Waals surface area contributed by atoms with Crippen LogP contribution in [-0.2, 0) is 11.2 Å². The molecule has 0 bridgehead atoms. The van der Waals surface area contributed by atoms with Gasteiger partial charge in [-0.05, 0) is 25.5 Å². The highest BCUT2D eigenvalue weighted by molar-refractivity contribution is 7.99. The van der Waals surface area contributed by atoms with Crippen molar-refractivity contribution in [1.29, 1.82) is 0 Å². The molecule has 4 heteroatoms. The molecule has 0 aliphatic rings. The van der Waals surface area contributed by atoms with Gasteiger partial charge in [-0.2, -0.15) is 0 Å². The van der Waals surface area contributed by atoms with Gasteiger partial charge in [-0.15, -0.1) is 0 Å². The lowest BCUT2D eigenvalue weighted by Gasteiger charge is -2.03. The van der Waals surface area contributed by atoms with Crippen molar-refractivity contribution in [3.63, 3.8) is 0 Å². The Morgan fingerprint density at radius 2 is 1.74 bits per heavy atom. The van der Waals surface area contributed by atoms with Crippen LogP contribution in [0.2, 0.25) is 0 Å². The van der Waals surface area contributed by atoms with Crippen LogP contribution in [0.15, 0.2) is 41.6 Å². The lowest BCUT2D eigenvalue weighted by Crippen LogP contribution is -2.06. The Kier molecular flexibility index (Phi) is 4.68. The van der Waals surface area contributed by atoms with Gasteiger partial charge >= 0.3 is 0 Å². The fourth-order valence-electron chi connectivity index (χ4n) is 1.78. The van der Waals surface area contributed by atoms with Crippen LogP contribution in [0.3, 0.4) is 0 Å². The average Bonchev–Trinajstić information content (AvgIpc) is 2.36. The van der Waals surface area contributed by atoms with Crippen molar-refractivity contribution in [3.05, 3.63) is 53.3 Å². The van der Waals surface area contributed by atoms with E-state index in [0.717, 1.165) is 17.0 Å². The zero-order valence-corrected chi connectivity index (χ0v) is 11.9. The van der Waals surface area contributed by atoms with E-state index in [1.165, 1.54) is 11.8 Å². The van der Waals surface area contributed by atoms with Crippen LogP contribution in [0.5, 0.6) is 0 Å². The third kappa shape index (κ3) is 4.48. The average molecular weight is 272 g/mol. The maximum absolute atomic E-state index is 11.9. The molecule has 0 aliphatic carbocycles. The van der Waals surface area contributed by atoms with E-state index in [-0.39, 0.29) is 5.78 Å². The zero-order valence-electron chi connectivity index (χ0n) is 11.1. The number of ketones is 1. The van der Waals surface area contributed by atoms with Crippen molar-refractivity contribution >= 4 is 17.5 Å². The summed E-state index contributed by atoms with van der Waals surface area (Å²) in [5.41, 5.74) is 2.92. The predicted octanol–water partition coefficient (Wildman–Crippen LogP) is 3.00. The summed E-state index contributed by atoms with van der Waals surface area (Å²) >= 11 is 1.40. The molecule has 1 aromatic heterocycles. The fourth-order valence-corrected chi connectivity index (χ4v) is 2.59. The zero-order chi connectivity index (χ0) is 13.7. The number of hydrogen-bond donors (Lipinski definition) is 0. The molecule has 0 amide bonds. The second-order valence-electron chi connectivity index (χ2n) is 4.42. The SMILES string of the molecule is Cc1cc(C)nc(SCC(=O)Cc2ccccc2)n1. The summed E-state index contributed by atoms with van der Waals surface area (Å²) in [6.07, 6.45) is 0.471. The molecular weight excluding hydrogens is 256 g/mol. The molecule has 1 aromatic carbocycles. The Balaban J connectivity index is 1.90. The number of hydrogen-bond acceptors (Lipinski definition) is 4. The van der Waals surface area contributed by atoms with Crippen LogP contribution in [0, 0.1) is 13.8 Å². The van der Waals surface area contributed by atoms with Gasteiger partial charge in [0.2, 0.25) is 0 Å². The Hall–Kier alpha value is -1.68. The third-order valence-corrected chi connectivity index (χ3v) is 3.48. The minimum Gasteiger partial charge on any atom is -0.298 e. The second-order valence-corrected chi connectivity index (χ2v) is 5.37. The maximum Gasteiger partial charge on any atom is 0.188 e. The number of aromatic nitrogens is 2. The van der Waals surface area contributed by atoms with E-state index in [9.17, 15) is 4.79 Å². The van der Waals surface area contributed by atoms with E-state index in [1.807, 2.05) is 50.2 Å². The Morgan fingerprint density at radius 1 is 1.11 bits per heavy atom. The lowest BCUT2D eigenvalue weighted by atomic mass is 10.1. The smallest absolute Gasteiger partial charge is 0.188 e. The summed E-state index contributed by atoms with van der Waals surface area (Å²) in [5, 5.41) is 0.680. The van der Waals surface area contributed by atoms with Gasteiger partial charge in [0.05, 0.1) is 5.75 Å². The van der Waals surface area contributed by atoms with Crippen molar-refractivity contribution in [2.75, 3.05) is 5.75 Å². The van der Waals surface area contributed by atoms with Gasteiger partial charge in [0.1, 0.15) is 5.78 Å². The molecule has 0 fully saturated rings. The number of carbonyl (C=O) groups excluding carboxylic acids is 1. The Labute approximate surface area is 117 Å². The van der Waals surface area contributed by atoms with E-state index in [1.54, 1.807) is 0 Å². The van der Waals surface area contributed by atoms with Gasteiger partial charge in [-0.1, -0.05) is 42.1 Å². The van der Waals surface area contributed by atoms with E-state index in [2.05, 4.69) is 9.97 Å². The molecular formula is C15H16N2OS. The van der Waals surface area contributed by atoms with Crippen LogP contribution in [0.25, 0.3) is 0 Å². The highest BCUT2D eigenvalue weighted by Gasteiger charge is 2.07. The second kappa shape index (κ2) is 6.48. The van der Waals surface area contributed by atoms with Gasteiger partial charge < -0.3 is 0 Å². The molecule has 0 radical (unpaired) electrons. The predicted molar refractivity (Wildman–Crippen MR) is 77.4 cm³/mol. The number of Topliss-reactive ketones (excluding diaryl/α,β-unsaturated/α-hetero) is 1. The molecule has 19 heavy (non-hydrogen) atoms. The van der Waals surface area contributed by atoms with Crippen LogP contribution in [0.4, 0.5) is 0 Å². The van der Waals surface area contributed by atoms with Crippen molar-refractivity contribution < 1.29 is 4.79 Å². The molecule has 98 valence electrons. The van der Waals surface area contributed by atoms with Gasteiger partial charge in [-0.3, -0.25) is 4.79 Å². The summed E-state index contributed by atoms with van der Waals surface area (Å²) in [6, 6.07) is 11.7. The standard InChI is InChI=1S/C15H16N2OS/c1-11-8-12(2)17-15(16-11)19-10-14(18)9-13-6-4-3-5-7-13/h3-8H,9-10H2,1-2H3. The van der Waals surface area contributed by atoms with Gasteiger partial charge in [0.25, 0.3) is 0 Å². The molecule has 0 atom stereocenters. The molecule has 0 saturated heterocycles. The molecule has 1 heterocycles. The van der Waals surface area contributed by atoms with Crippen LogP contribution >= 0.6 is 11.8 Å². The highest BCUT2D eigenvalue weighted by atomic mass is 32.2. The normalized spacial score (nSPS) is 10.4. The summed E-state index contributed by atoms with van der Waals surface area (Å²) in [4.78, 5) is 20.5. The first kappa shape index (κ1) is 13.7. The molecule has 2 aromatic rings. The fraction of sp³-hybridized carbons (Fsp3) is 0.267. The first-order valence-electron chi connectivity index (χ1n) is 6.14. The topological polar surface area (TPSA) is 42.9 Å². The van der Waals surface area contributed by atoms with Crippen molar-refractivity contribution in [3.8, 4) is 0 Å². The monoisotopic (exact) mass is 272 g/mol. The van der Waals surface area contributed by atoms with E-state index < -0.39 is 0 Å². The Morgan fingerprint density at radius 3 is 2.37 bits per heavy atom. The van der Waals surface area contributed by atoms with Crippen molar-refractivity contribution in [2.45, 2.75) is 25.4 Å². The van der Waals surface area contributed by atoms with Crippen molar-refractivity contribution in [2.24, 2.45) is 0 Å². The molecule has 0 spiro atoms. The first-order chi connectivity index (χ1) is 9.13. The van der Waals surface area contributed by atoms with Crippen molar-refractivity contribution in [1.82, 2.24) is 9.97 Å². The van der Waals surface area contributed by atoms with Gasteiger partial charge in [-0.25, -0.2) is 9.97 Å². The summed E-state index contributed by atoms with van der Waals surface area (Å²) in [5.74, 6) is 0.608. The summed E-state index contributed by atoms with van der Waals surface area (Å²) in [7, 11) is 0. The number of carbonyl (C=O) groups is 1. The van der Waals surface area contributed by atoms with Crippen LogP contribution < -0.4 is 0 Å². The molecule has 3 nitrogen and oxygen atoms in total. The number of rotatable bonds is 5. The molecule has 0 aliphatic heterocycles. The van der Waals surface area contributed by atoms with E-state index >= 15 is 0 Å². The molecule has 2 rings (SSSR count). The Bertz CT molecular complexity index is 549. The van der Waals surface area contributed by atoms with Gasteiger partial charge in [0.15, 0.2) is 5.16 Å². The summed E-state index contributed by atoms with van der Waals surface area (Å²) in [6.45, 7) is 3.87. The highest BCUT2D eigenvalue weighted by Crippen LogP contribution is 2.15. The largest absolute Gasteiger partial charge is 0.298 e. The summed E-state index contributed by atoms with van der Waals surface area (Å²) < 4.78 is 0. The van der Waals surface area contributed by atoms with Crippen LogP contribution in [0.1, 0.15) is 17.0 Å². The number of benzene rings is 1. The minimum atomic E-state index is 0.193. The molecule has 0 unspecified atom stereocenters. The molecule has 0 saturated carbocycles. The molecule has 0 N–H and O–H groups in total. The quantitative estimate of drug-likeness (QED) is 0.620. The lowest BCUT2D eigenvalue weighted by molar-refractivity contribution is -0.116. The number of thioether (sulfide) groups is 1. The number of nitrogens with zero attached hydrogens (tertiary/aromatic N) is 2. The number of aryl methyl sites for hydroxylation is 2. The minimum absolute atomic E-state index is 0.193. The van der Waals surface area contributed by atoms with Gasteiger partial charge in [0, 0.05) is 17.8 Å². The maximum atomic E-state index is 11.9.